The van der Waals surface area contributed by atoms with Gasteiger partial charge < -0.3 is 17.2 Å². The van der Waals surface area contributed by atoms with E-state index in [1.165, 1.54) is 7.05 Å². The Kier molecular flexibility index (Phi) is 53.2. The Bertz CT molecular complexity index is 88.9. The topological polar surface area (TPSA) is 90.1 Å². The quantitative estimate of drug-likeness (QED) is 0.577. The van der Waals surface area contributed by atoms with Crippen LogP contribution in [-0.2, 0) is 4.79 Å². The minimum atomic E-state index is 0. The summed E-state index contributed by atoms with van der Waals surface area (Å²) in [4.78, 5) is 10.1. The van der Waals surface area contributed by atoms with Crippen LogP contribution in [0.15, 0.2) is 12.7 Å². The van der Waals surface area contributed by atoms with Gasteiger partial charge in [0.05, 0.1) is 0 Å². The molecular weight excluding hydrogens is 166 g/mol. The van der Waals surface area contributed by atoms with Crippen LogP contribution in [0.3, 0.4) is 0 Å². The van der Waals surface area contributed by atoms with Crippen LogP contribution < -0.4 is 17.2 Å². The summed E-state index contributed by atoms with van der Waals surface area (Å²) in [5.74, 6) is 0.0926. The molecule has 0 bridgehead atoms. The minimum absolute atomic E-state index is 0. The second-order valence-corrected chi connectivity index (χ2v) is 1.72. The van der Waals surface area contributed by atoms with E-state index in [0.29, 0.717) is 6.42 Å². The number of nitrogens with one attached hydrogen (secondary N) is 1. The van der Waals surface area contributed by atoms with Gasteiger partial charge in [0, 0.05) is 13.5 Å². The Labute approximate surface area is 82.2 Å². The van der Waals surface area contributed by atoms with E-state index >= 15 is 0 Å². The lowest BCUT2D eigenvalue weighted by molar-refractivity contribution is -0.120. The average Bonchev–Trinajstić information content (AvgIpc) is 2.20. The molecule has 0 aliphatic rings. The van der Waals surface area contributed by atoms with Crippen LogP contribution in [0.25, 0.3) is 0 Å². The van der Waals surface area contributed by atoms with E-state index in [0.717, 1.165) is 6.42 Å². The third-order valence-corrected chi connectivity index (χ3v) is 0.889. The minimum Gasteiger partial charge on any atom is -0.359 e. The van der Waals surface area contributed by atoms with Gasteiger partial charge in [0.2, 0.25) is 5.91 Å². The number of rotatable bonds is 2. The summed E-state index contributed by atoms with van der Waals surface area (Å²) in [6, 6.07) is 0. The first kappa shape index (κ1) is 22.7. The van der Waals surface area contributed by atoms with Gasteiger partial charge in [-0.1, -0.05) is 19.9 Å². The Hall–Kier alpha value is -0.870. The molecule has 0 aromatic carbocycles. The fourth-order valence-corrected chi connectivity index (χ4v) is 0.177. The smallest absolute Gasteiger partial charge is 0.219 e. The summed E-state index contributed by atoms with van der Waals surface area (Å²) >= 11 is 0. The van der Waals surface area contributed by atoms with Gasteiger partial charge in [0.25, 0.3) is 0 Å². The SMILES string of the molecule is C=CCC.CCC(=O)NC.CN.N. The maximum absolute atomic E-state index is 10.1. The molecule has 0 fully saturated rings. The molecule has 0 aromatic heterocycles. The summed E-state index contributed by atoms with van der Waals surface area (Å²) in [6.07, 6.45) is 3.54. The molecule has 0 rings (SSSR count). The van der Waals surface area contributed by atoms with Gasteiger partial charge in [-0.25, -0.2) is 0 Å². The van der Waals surface area contributed by atoms with Crippen LogP contribution in [0.5, 0.6) is 0 Å². The molecule has 82 valence electrons. The van der Waals surface area contributed by atoms with Gasteiger partial charge in [-0.15, -0.1) is 6.58 Å². The number of amides is 1. The lowest BCUT2D eigenvalue weighted by atomic mass is 10.5. The molecule has 0 aromatic rings. The van der Waals surface area contributed by atoms with E-state index in [-0.39, 0.29) is 12.1 Å². The first-order chi connectivity index (χ1) is 5.72. The van der Waals surface area contributed by atoms with Crippen molar-refractivity contribution >= 4 is 5.91 Å². The largest absolute Gasteiger partial charge is 0.359 e. The van der Waals surface area contributed by atoms with Crippen molar-refractivity contribution in [2.24, 2.45) is 5.73 Å². The fraction of sp³-hybridized carbons (Fsp3) is 0.667. The van der Waals surface area contributed by atoms with Gasteiger partial charge in [0.1, 0.15) is 0 Å². The third kappa shape index (κ3) is 54.4. The molecule has 0 heterocycles. The van der Waals surface area contributed by atoms with Gasteiger partial charge in [-0.3, -0.25) is 4.79 Å². The molecule has 0 unspecified atom stereocenters. The molecule has 0 spiro atoms. The molecule has 0 aliphatic carbocycles. The first-order valence-electron chi connectivity index (χ1n) is 4.12. The zero-order valence-electron chi connectivity index (χ0n) is 9.39. The lowest BCUT2D eigenvalue weighted by Crippen LogP contribution is -2.15. The molecule has 6 N–H and O–H groups in total. The number of carbonyl (C=O) groups is 1. The Balaban J connectivity index is -0.0000000512. The predicted octanol–water partition coefficient (Wildman–Crippen LogP) is 1.46. The second kappa shape index (κ2) is 30.4. The Morgan fingerprint density at radius 3 is 1.77 bits per heavy atom. The molecule has 0 atom stereocenters. The van der Waals surface area contributed by atoms with E-state index in [1.807, 2.05) is 13.0 Å². The number of carbonyl (C=O) groups excluding carboxylic acids is 1. The van der Waals surface area contributed by atoms with Crippen molar-refractivity contribution in [1.29, 1.82) is 0 Å². The highest BCUT2D eigenvalue weighted by Gasteiger charge is 1.84. The van der Waals surface area contributed by atoms with Crippen LogP contribution in [0, 0.1) is 0 Å². The van der Waals surface area contributed by atoms with Gasteiger partial charge in [-0.2, -0.15) is 0 Å². The fourth-order valence-electron chi connectivity index (χ4n) is 0.177. The highest BCUT2D eigenvalue weighted by molar-refractivity contribution is 5.74. The summed E-state index contributed by atoms with van der Waals surface area (Å²) in [6.45, 7) is 7.36. The maximum atomic E-state index is 10.1. The number of hydrogen-bond acceptors (Lipinski definition) is 3. The van der Waals surface area contributed by atoms with Crippen molar-refractivity contribution < 1.29 is 4.79 Å². The van der Waals surface area contributed by atoms with Crippen molar-refractivity contribution in [3.05, 3.63) is 12.7 Å². The predicted molar refractivity (Wildman–Crippen MR) is 60.0 cm³/mol. The normalized spacial score (nSPS) is 5.92. The van der Waals surface area contributed by atoms with E-state index in [9.17, 15) is 4.79 Å². The number of allylic oxidation sites excluding steroid dienone is 1. The number of nitrogens with two attached hydrogens (primary N) is 1. The van der Waals surface area contributed by atoms with E-state index in [2.05, 4.69) is 24.6 Å². The van der Waals surface area contributed by atoms with Crippen LogP contribution in [0.2, 0.25) is 0 Å². The summed E-state index contributed by atoms with van der Waals surface area (Å²) in [7, 11) is 3.13. The lowest BCUT2D eigenvalue weighted by Gasteiger charge is -1.87. The molecule has 13 heavy (non-hydrogen) atoms. The Morgan fingerprint density at radius 1 is 1.46 bits per heavy atom. The molecule has 0 saturated carbocycles. The van der Waals surface area contributed by atoms with Crippen molar-refractivity contribution in [1.82, 2.24) is 11.5 Å². The molecule has 0 radical (unpaired) electrons. The monoisotopic (exact) mass is 191 g/mol. The maximum Gasteiger partial charge on any atom is 0.219 e. The van der Waals surface area contributed by atoms with Gasteiger partial charge >= 0.3 is 0 Å². The van der Waals surface area contributed by atoms with Crippen molar-refractivity contribution in [2.45, 2.75) is 26.7 Å². The van der Waals surface area contributed by atoms with E-state index in [4.69, 9.17) is 0 Å². The second-order valence-electron chi connectivity index (χ2n) is 1.72. The van der Waals surface area contributed by atoms with Crippen LogP contribution in [0.4, 0.5) is 0 Å². The van der Waals surface area contributed by atoms with Gasteiger partial charge in [-0.05, 0) is 13.5 Å². The van der Waals surface area contributed by atoms with Crippen molar-refractivity contribution in [2.75, 3.05) is 14.1 Å². The standard InChI is InChI=1S/C4H9NO.C4H8.CH5N.H3N/c1-3-4(6)5-2;1-3-4-2;1-2;/h3H2,1-2H3,(H,5,6);3H,1,4H2,2H3;2H2,1H3;1H3. The highest BCUT2D eigenvalue weighted by atomic mass is 16.1. The molecule has 0 aliphatic heterocycles. The highest BCUT2D eigenvalue weighted by Crippen LogP contribution is 1.68. The zero-order chi connectivity index (χ0) is 10.4. The average molecular weight is 191 g/mol. The third-order valence-electron chi connectivity index (χ3n) is 0.889. The molecule has 1 amide bonds. The van der Waals surface area contributed by atoms with E-state index < -0.39 is 0 Å². The number of hydrogen-bond donors (Lipinski definition) is 3. The Morgan fingerprint density at radius 2 is 1.77 bits per heavy atom. The summed E-state index contributed by atoms with van der Waals surface area (Å²) < 4.78 is 0. The van der Waals surface area contributed by atoms with Crippen LogP contribution in [-0.4, -0.2) is 20.0 Å². The molecule has 4 nitrogen and oxygen atoms in total. The molecule has 4 heteroatoms. The van der Waals surface area contributed by atoms with Crippen LogP contribution in [0.1, 0.15) is 26.7 Å². The first-order valence-corrected chi connectivity index (χ1v) is 4.12. The summed E-state index contributed by atoms with van der Waals surface area (Å²) in [5.41, 5.74) is 4.50. The molecular formula is C9H25N3O. The van der Waals surface area contributed by atoms with Gasteiger partial charge in [0.15, 0.2) is 0 Å². The molecule has 0 saturated heterocycles. The van der Waals surface area contributed by atoms with Crippen LogP contribution >= 0.6 is 0 Å². The van der Waals surface area contributed by atoms with Crippen molar-refractivity contribution in [3.8, 4) is 0 Å². The zero-order valence-corrected chi connectivity index (χ0v) is 9.39. The van der Waals surface area contributed by atoms with E-state index in [1.54, 1.807) is 7.05 Å². The van der Waals surface area contributed by atoms with Crippen molar-refractivity contribution in [3.63, 3.8) is 0 Å². The summed E-state index contributed by atoms with van der Waals surface area (Å²) in [5, 5.41) is 2.48.